The van der Waals surface area contributed by atoms with Crippen LogP contribution in [-0.4, -0.2) is 30.3 Å². The van der Waals surface area contributed by atoms with Crippen LogP contribution < -0.4 is 5.32 Å². The Morgan fingerprint density at radius 2 is 2.11 bits per heavy atom. The Morgan fingerprint density at radius 1 is 1.50 bits per heavy atom. The highest BCUT2D eigenvalue weighted by atomic mass is 79.9. The Labute approximate surface area is 114 Å². The number of carbonyl (C=O) groups excluding carboxylic acids is 1. The summed E-state index contributed by atoms with van der Waals surface area (Å²) in [6.07, 6.45) is 3.50. The summed E-state index contributed by atoms with van der Waals surface area (Å²) >= 11 is 3.26. The molecule has 1 amide bonds. The predicted molar refractivity (Wildman–Crippen MR) is 72.1 cm³/mol. The lowest BCUT2D eigenvalue weighted by Gasteiger charge is -2.14. The van der Waals surface area contributed by atoms with E-state index in [1.165, 1.54) is 0 Å². The molecular formula is C11H13BrN2O3S. The van der Waals surface area contributed by atoms with Crippen LogP contribution in [0.25, 0.3) is 0 Å². The second-order valence-corrected chi connectivity index (χ2v) is 7.75. The number of pyridine rings is 1. The van der Waals surface area contributed by atoms with Crippen molar-refractivity contribution in [1.82, 2.24) is 4.98 Å². The molecule has 1 fully saturated rings. The monoisotopic (exact) mass is 332 g/mol. The van der Waals surface area contributed by atoms with E-state index in [1.54, 1.807) is 19.2 Å². The summed E-state index contributed by atoms with van der Waals surface area (Å²) in [6.45, 7) is 1.75. The second kappa shape index (κ2) is 4.31. The van der Waals surface area contributed by atoms with Crippen LogP contribution in [-0.2, 0) is 14.6 Å². The van der Waals surface area contributed by atoms with Crippen LogP contribution in [0.2, 0.25) is 0 Å². The molecular weight excluding hydrogens is 320 g/mol. The molecule has 5 nitrogen and oxygen atoms in total. The summed E-state index contributed by atoms with van der Waals surface area (Å²) in [5.41, 5.74) is 1.18. The van der Waals surface area contributed by atoms with Gasteiger partial charge in [-0.1, -0.05) is 0 Å². The van der Waals surface area contributed by atoms with Gasteiger partial charge in [-0.2, -0.15) is 0 Å². The van der Waals surface area contributed by atoms with E-state index in [-0.39, 0.29) is 0 Å². The Bertz CT molecular complexity index is 609. The quantitative estimate of drug-likeness (QED) is 0.913. The van der Waals surface area contributed by atoms with Gasteiger partial charge >= 0.3 is 0 Å². The largest absolute Gasteiger partial charge is 0.323 e. The first-order valence-corrected chi connectivity index (χ1v) is 8.08. The van der Waals surface area contributed by atoms with E-state index in [1.807, 2.05) is 0 Å². The number of rotatable bonds is 3. The number of halogens is 1. The number of amides is 1. The molecule has 0 aliphatic heterocycles. The van der Waals surface area contributed by atoms with Crippen molar-refractivity contribution in [2.24, 2.45) is 0 Å². The number of nitrogens with one attached hydrogen (secondary N) is 1. The minimum absolute atomic E-state index is 0.387. The fourth-order valence-electron chi connectivity index (χ4n) is 1.75. The molecule has 1 aliphatic carbocycles. The van der Waals surface area contributed by atoms with Gasteiger partial charge in [0.1, 0.15) is 0 Å². The molecule has 18 heavy (non-hydrogen) atoms. The fraction of sp³-hybridized carbons (Fsp3) is 0.455. The molecule has 0 atom stereocenters. The highest BCUT2D eigenvalue weighted by molar-refractivity contribution is 9.10. The molecule has 7 heteroatoms. The number of carbonyl (C=O) groups is 1. The molecule has 0 bridgehead atoms. The maximum atomic E-state index is 12.1. The van der Waals surface area contributed by atoms with Gasteiger partial charge in [0, 0.05) is 16.9 Å². The lowest BCUT2D eigenvalue weighted by atomic mass is 10.3. The number of nitrogens with zero attached hydrogens (tertiary/aromatic N) is 1. The van der Waals surface area contributed by atoms with Crippen molar-refractivity contribution in [3.63, 3.8) is 0 Å². The molecule has 0 spiro atoms. The predicted octanol–water partition coefficient (Wildman–Crippen LogP) is 1.67. The molecule has 2 rings (SSSR count). The molecule has 98 valence electrons. The average molecular weight is 333 g/mol. The third kappa shape index (κ3) is 2.29. The van der Waals surface area contributed by atoms with Crippen LogP contribution in [0.5, 0.6) is 0 Å². The van der Waals surface area contributed by atoms with Crippen LogP contribution in [0.15, 0.2) is 16.7 Å². The molecule has 1 N–H and O–H groups in total. The van der Waals surface area contributed by atoms with Crippen LogP contribution in [0.3, 0.4) is 0 Å². The van der Waals surface area contributed by atoms with E-state index >= 15 is 0 Å². The van der Waals surface area contributed by atoms with E-state index in [2.05, 4.69) is 26.2 Å². The Balaban J connectivity index is 2.26. The number of anilines is 1. The zero-order chi connectivity index (χ0) is 13.6. The molecule has 1 aliphatic rings. The van der Waals surface area contributed by atoms with Gasteiger partial charge in [0.25, 0.3) is 0 Å². The van der Waals surface area contributed by atoms with Crippen LogP contribution in [0.1, 0.15) is 18.5 Å². The smallest absolute Gasteiger partial charge is 0.245 e. The minimum atomic E-state index is -3.38. The number of aryl methyl sites for hydroxylation is 1. The molecule has 1 aromatic rings. The van der Waals surface area contributed by atoms with E-state index in [0.717, 1.165) is 10.7 Å². The number of aromatic nitrogens is 1. The van der Waals surface area contributed by atoms with Crippen molar-refractivity contribution >= 4 is 37.4 Å². The summed E-state index contributed by atoms with van der Waals surface area (Å²) in [4.78, 5) is 16.2. The molecule has 0 aromatic carbocycles. The van der Waals surface area contributed by atoms with Crippen molar-refractivity contribution in [1.29, 1.82) is 0 Å². The minimum Gasteiger partial charge on any atom is -0.323 e. The lowest BCUT2D eigenvalue weighted by molar-refractivity contribution is -0.116. The van der Waals surface area contributed by atoms with Gasteiger partial charge in [0.15, 0.2) is 14.6 Å². The summed E-state index contributed by atoms with van der Waals surface area (Å²) < 4.78 is 22.7. The maximum Gasteiger partial charge on any atom is 0.245 e. The normalized spacial score (nSPS) is 17.3. The molecule has 1 aromatic heterocycles. The second-order valence-electron chi connectivity index (χ2n) is 4.51. The first kappa shape index (κ1) is 13.5. The van der Waals surface area contributed by atoms with Gasteiger partial charge in [0.05, 0.1) is 11.4 Å². The van der Waals surface area contributed by atoms with E-state index in [4.69, 9.17) is 0 Å². The van der Waals surface area contributed by atoms with E-state index in [0.29, 0.717) is 24.2 Å². The summed E-state index contributed by atoms with van der Waals surface area (Å²) in [5, 5.41) is 2.65. The van der Waals surface area contributed by atoms with Crippen molar-refractivity contribution in [3.05, 3.63) is 22.4 Å². The van der Waals surface area contributed by atoms with E-state index in [9.17, 15) is 13.2 Å². The van der Waals surface area contributed by atoms with Crippen molar-refractivity contribution in [2.75, 3.05) is 11.6 Å². The third-order valence-electron chi connectivity index (χ3n) is 3.13. The van der Waals surface area contributed by atoms with Gasteiger partial charge in [0.2, 0.25) is 5.91 Å². The first-order valence-electron chi connectivity index (χ1n) is 5.39. The van der Waals surface area contributed by atoms with Gasteiger partial charge < -0.3 is 5.32 Å². The fourth-order valence-corrected chi connectivity index (χ4v) is 3.31. The van der Waals surface area contributed by atoms with Crippen LogP contribution in [0, 0.1) is 6.92 Å². The first-order chi connectivity index (χ1) is 8.26. The highest BCUT2D eigenvalue weighted by Crippen LogP contribution is 2.44. The zero-order valence-electron chi connectivity index (χ0n) is 10.0. The van der Waals surface area contributed by atoms with Gasteiger partial charge in [-0.15, -0.1) is 0 Å². The topological polar surface area (TPSA) is 76.1 Å². The SMILES string of the molecule is Cc1ncc(Br)cc1NC(=O)C1(S(C)(=O)=O)CC1. The standard InChI is InChI=1S/C11H13BrN2O3S/c1-7-9(5-8(12)6-13-7)14-10(15)11(3-4-11)18(2,16)17/h5-6H,3-4H2,1-2H3,(H,14,15). The summed E-state index contributed by atoms with van der Waals surface area (Å²) in [7, 11) is -3.38. The lowest BCUT2D eigenvalue weighted by Crippen LogP contribution is -2.36. The molecule has 0 unspecified atom stereocenters. The summed E-state index contributed by atoms with van der Waals surface area (Å²) in [6, 6.07) is 1.71. The van der Waals surface area contributed by atoms with Crippen molar-refractivity contribution in [2.45, 2.75) is 24.5 Å². The zero-order valence-corrected chi connectivity index (χ0v) is 12.4. The summed E-state index contributed by atoms with van der Waals surface area (Å²) in [5.74, 6) is -0.465. The Kier molecular flexibility index (Phi) is 3.23. The van der Waals surface area contributed by atoms with Crippen molar-refractivity contribution < 1.29 is 13.2 Å². The van der Waals surface area contributed by atoms with Crippen LogP contribution >= 0.6 is 15.9 Å². The number of hydrogen-bond acceptors (Lipinski definition) is 4. The molecule has 0 saturated heterocycles. The van der Waals surface area contributed by atoms with Gasteiger partial charge in [-0.05, 0) is 41.8 Å². The third-order valence-corrected chi connectivity index (χ3v) is 5.58. The maximum absolute atomic E-state index is 12.1. The molecule has 1 saturated carbocycles. The number of sulfone groups is 1. The molecule has 0 radical (unpaired) electrons. The number of hydrogen-bond donors (Lipinski definition) is 1. The van der Waals surface area contributed by atoms with Gasteiger partial charge in [-0.25, -0.2) is 8.42 Å². The average Bonchev–Trinajstić information content (AvgIpc) is 3.03. The molecule has 1 heterocycles. The van der Waals surface area contributed by atoms with Gasteiger partial charge in [-0.3, -0.25) is 9.78 Å². The Morgan fingerprint density at radius 3 is 2.61 bits per heavy atom. The Hall–Kier alpha value is -0.950. The highest BCUT2D eigenvalue weighted by Gasteiger charge is 2.58. The van der Waals surface area contributed by atoms with Crippen molar-refractivity contribution in [3.8, 4) is 0 Å². The van der Waals surface area contributed by atoms with E-state index < -0.39 is 20.5 Å². The van der Waals surface area contributed by atoms with Crippen LogP contribution in [0.4, 0.5) is 5.69 Å².